The van der Waals surface area contributed by atoms with Crippen molar-refractivity contribution in [3.63, 3.8) is 0 Å². The van der Waals surface area contributed by atoms with E-state index in [-0.39, 0.29) is 18.7 Å². The predicted octanol–water partition coefficient (Wildman–Crippen LogP) is 2.09. The quantitative estimate of drug-likeness (QED) is 0.813. The molecule has 0 radical (unpaired) electrons. The number of rotatable bonds is 7. The minimum absolute atomic E-state index is 0.208. The first-order valence-electron chi connectivity index (χ1n) is 6.14. The van der Waals surface area contributed by atoms with Gasteiger partial charge in [-0.05, 0) is 11.4 Å². The standard InChI is InChI=1S/C13H14N2O4S2/c1-19-5-4-8(13(17)18)14-11(16)9-7-21-12(15-9)10-3-2-6-20-10/h2-3,6-8H,4-5H2,1H3,(H,14,16)(H,17,18). The zero-order valence-electron chi connectivity index (χ0n) is 11.2. The average molecular weight is 326 g/mol. The molecule has 0 bridgehead atoms. The zero-order valence-corrected chi connectivity index (χ0v) is 12.9. The van der Waals surface area contributed by atoms with E-state index in [1.165, 1.54) is 29.8 Å². The number of thiophene rings is 1. The Morgan fingerprint density at radius 1 is 1.48 bits per heavy atom. The number of ether oxygens (including phenoxy) is 1. The number of carboxylic acid groups (broad SMARTS) is 1. The highest BCUT2D eigenvalue weighted by Crippen LogP contribution is 2.27. The summed E-state index contributed by atoms with van der Waals surface area (Å²) in [5.41, 5.74) is 0.229. The van der Waals surface area contributed by atoms with Gasteiger partial charge in [-0.25, -0.2) is 9.78 Å². The number of aliphatic carboxylic acids is 1. The van der Waals surface area contributed by atoms with Gasteiger partial charge in [-0.2, -0.15) is 0 Å². The van der Waals surface area contributed by atoms with Gasteiger partial charge in [-0.3, -0.25) is 4.79 Å². The number of thiazole rings is 1. The van der Waals surface area contributed by atoms with Gasteiger partial charge in [0.05, 0.1) is 4.88 Å². The maximum atomic E-state index is 12.0. The Bertz CT molecular complexity index is 609. The van der Waals surface area contributed by atoms with Crippen LogP contribution in [0.2, 0.25) is 0 Å². The van der Waals surface area contributed by atoms with Crippen molar-refractivity contribution in [2.45, 2.75) is 12.5 Å². The molecule has 2 rings (SSSR count). The molecule has 0 aliphatic rings. The summed E-state index contributed by atoms with van der Waals surface area (Å²) in [5.74, 6) is -1.58. The summed E-state index contributed by atoms with van der Waals surface area (Å²) in [6.45, 7) is 0.259. The van der Waals surface area contributed by atoms with Crippen LogP contribution in [0, 0.1) is 0 Å². The molecule has 2 aromatic rings. The summed E-state index contributed by atoms with van der Waals surface area (Å²) in [7, 11) is 1.48. The number of carbonyl (C=O) groups excluding carboxylic acids is 1. The molecule has 2 N–H and O–H groups in total. The summed E-state index contributed by atoms with van der Waals surface area (Å²) in [6.07, 6.45) is 0.208. The molecule has 21 heavy (non-hydrogen) atoms. The first-order valence-corrected chi connectivity index (χ1v) is 7.89. The molecule has 2 heterocycles. The molecular formula is C13H14N2O4S2. The molecular weight excluding hydrogens is 312 g/mol. The van der Waals surface area contributed by atoms with Crippen LogP contribution in [-0.4, -0.2) is 41.7 Å². The lowest BCUT2D eigenvalue weighted by atomic mass is 10.2. The number of hydrogen-bond acceptors (Lipinski definition) is 6. The van der Waals surface area contributed by atoms with Gasteiger partial charge in [-0.1, -0.05) is 6.07 Å². The van der Waals surface area contributed by atoms with Gasteiger partial charge in [0.1, 0.15) is 16.7 Å². The summed E-state index contributed by atoms with van der Waals surface area (Å²) in [4.78, 5) is 28.3. The van der Waals surface area contributed by atoms with Gasteiger partial charge < -0.3 is 15.2 Å². The molecule has 1 unspecified atom stereocenters. The molecule has 0 aliphatic carbocycles. The fourth-order valence-electron chi connectivity index (χ4n) is 1.62. The Morgan fingerprint density at radius 3 is 2.90 bits per heavy atom. The molecule has 0 aliphatic heterocycles. The van der Waals surface area contributed by atoms with E-state index < -0.39 is 17.9 Å². The maximum Gasteiger partial charge on any atom is 0.326 e. The predicted molar refractivity (Wildman–Crippen MR) is 80.8 cm³/mol. The third kappa shape index (κ3) is 4.10. The number of nitrogens with zero attached hydrogens (tertiary/aromatic N) is 1. The molecule has 0 fully saturated rings. The van der Waals surface area contributed by atoms with Crippen molar-refractivity contribution in [3.05, 3.63) is 28.6 Å². The van der Waals surface area contributed by atoms with Gasteiger partial charge in [0, 0.05) is 25.5 Å². The number of nitrogens with one attached hydrogen (secondary N) is 1. The number of hydrogen-bond donors (Lipinski definition) is 2. The van der Waals surface area contributed by atoms with Crippen molar-refractivity contribution in [2.24, 2.45) is 0 Å². The molecule has 8 heteroatoms. The maximum absolute atomic E-state index is 12.0. The van der Waals surface area contributed by atoms with E-state index in [1.807, 2.05) is 17.5 Å². The lowest BCUT2D eigenvalue weighted by Gasteiger charge is -2.12. The second-order valence-corrected chi connectivity index (χ2v) is 5.97. The Hall–Kier alpha value is -1.77. The Kier molecular flexibility index (Phi) is 5.43. The van der Waals surface area contributed by atoms with Crippen LogP contribution in [0.25, 0.3) is 9.88 Å². The largest absolute Gasteiger partial charge is 0.480 e. The van der Waals surface area contributed by atoms with E-state index in [0.717, 1.165) is 9.88 Å². The van der Waals surface area contributed by atoms with Crippen LogP contribution in [0.5, 0.6) is 0 Å². The number of carboxylic acids is 1. The van der Waals surface area contributed by atoms with Crippen molar-refractivity contribution in [2.75, 3.05) is 13.7 Å². The minimum Gasteiger partial charge on any atom is -0.480 e. The van der Waals surface area contributed by atoms with Gasteiger partial charge in [0.25, 0.3) is 5.91 Å². The zero-order chi connectivity index (χ0) is 15.2. The summed E-state index contributed by atoms with van der Waals surface area (Å²) >= 11 is 2.89. The number of amides is 1. The highest BCUT2D eigenvalue weighted by atomic mass is 32.1. The molecule has 1 amide bonds. The number of carbonyl (C=O) groups is 2. The third-order valence-electron chi connectivity index (χ3n) is 2.68. The highest BCUT2D eigenvalue weighted by Gasteiger charge is 2.22. The first-order chi connectivity index (χ1) is 10.1. The lowest BCUT2D eigenvalue weighted by Crippen LogP contribution is -2.41. The molecule has 0 spiro atoms. The van der Waals surface area contributed by atoms with Crippen molar-refractivity contribution in [1.29, 1.82) is 0 Å². The monoisotopic (exact) mass is 326 g/mol. The fourth-order valence-corrected chi connectivity index (χ4v) is 3.23. The first kappa shape index (κ1) is 15.6. The summed E-state index contributed by atoms with van der Waals surface area (Å²) < 4.78 is 4.84. The van der Waals surface area contributed by atoms with Crippen LogP contribution in [0.4, 0.5) is 0 Å². The summed E-state index contributed by atoms with van der Waals surface area (Å²) in [6, 6.07) is 2.85. The molecule has 1 atom stereocenters. The topological polar surface area (TPSA) is 88.5 Å². The molecule has 2 aromatic heterocycles. The molecule has 0 saturated heterocycles. The van der Waals surface area contributed by atoms with Crippen LogP contribution < -0.4 is 5.32 Å². The Balaban J connectivity index is 2.04. The van der Waals surface area contributed by atoms with E-state index in [1.54, 1.807) is 5.38 Å². The second kappa shape index (κ2) is 7.30. The van der Waals surface area contributed by atoms with Crippen molar-refractivity contribution in [1.82, 2.24) is 10.3 Å². The average Bonchev–Trinajstić information content (AvgIpc) is 3.12. The van der Waals surface area contributed by atoms with E-state index >= 15 is 0 Å². The van der Waals surface area contributed by atoms with Crippen LogP contribution >= 0.6 is 22.7 Å². The van der Waals surface area contributed by atoms with Crippen molar-refractivity contribution < 1.29 is 19.4 Å². The van der Waals surface area contributed by atoms with Crippen LogP contribution in [0.15, 0.2) is 22.9 Å². The second-order valence-electron chi connectivity index (χ2n) is 4.16. The normalized spacial score (nSPS) is 12.0. The smallest absolute Gasteiger partial charge is 0.326 e. The van der Waals surface area contributed by atoms with E-state index in [0.29, 0.717) is 0 Å². The molecule has 0 saturated carbocycles. The van der Waals surface area contributed by atoms with Crippen LogP contribution in [0.3, 0.4) is 0 Å². The fraction of sp³-hybridized carbons (Fsp3) is 0.308. The van der Waals surface area contributed by atoms with E-state index in [4.69, 9.17) is 9.84 Å². The number of methoxy groups -OCH3 is 1. The van der Waals surface area contributed by atoms with Crippen molar-refractivity contribution in [3.8, 4) is 9.88 Å². The molecule has 6 nitrogen and oxygen atoms in total. The van der Waals surface area contributed by atoms with Gasteiger partial charge in [-0.15, -0.1) is 22.7 Å². The summed E-state index contributed by atoms with van der Waals surface area (Å²) in [5, 5.41) is 15.8. The van der Waals surface area contributed by atoms with Gasteiger partial charge in [0.15, 0.2) is 0 Å². The molecule has 112 valence electrons. The van der Waals surface area contributed by atoms with Crippen molar-refractivity contribution >= 4 is 34.6 Å². The van der Waals surface area contributed by atoms with E-state index in [2.05, 4.69) is 10.3 Å². The minimum atomic E-state index is -1.09. The Labute approximate surface area is 129 Å². The van der Waals surface area contributed by atoms with Gasteiger partial charge >= 0.3 is 5.97 Å². The van der Waals surface area contributed by atoms with E-state index in [9.17, 15) is 9.59 Å². The molecule has 0 aromatic carbocycles. The Morgan fingerprint density at radius 2 is 2.29 bits per heavy atom. The number of aromatic nitrogens is 1. The third-order valence-corrected chi connectivity index (χ3v) is 4.56. The SMILES string of the molecule is COCCC(NC(=O)c1csc(-c2cccs2)n1)C(=O)O. The van der Waals surface area contributed by atoms with Crippen LogP contribution in [-0.2, 0) is 9.53 Å². The van der Waals surface area contributed by atoms with Gasteiger partial charge in [0.2, 0.25) is 0 Å². The lowest BCUT2D eigenvalue weighted by molar-refractivity contribution is -0.139. The highest BCUT2D eigenvalue weighted by molar-refractivity contribution is 7.20. The van der Waals surface area contributed by atoms with Crippen LogP contribution in [0.1, 0.15) is 16.9 Å².